The molecule has 4 nitrogen and oxygen atoms in total. The van der Waals surface area contributed by atoms with Crippen LogP contribution in [0.3, 0.4) is 0 Å². The lowest BCUT2D eigenvalue weighted by Gasteiger charge is -2.21. The van der Waals surface area contributed by atoms with Crippen molar-refractivity contribution in [2.45, 2.75) is 31.8 Å². The van der Waals surface area contributed by atoms with Gasteiger partial charge in [0.1, 0.15) is 11.4 Å². The molecule has 0 spiro atoms. The molecule has 0 saturated heterocycles. The average Bonchev–Trinajstić information content (AvgIpc) is 3.01. The lowest BCUT2D eigenvalue weighted by Crippen LogP contribution is -2.38. The van der Waals surface area contributed by atoms with Gasteiger partial charge in [-0.2, -0.15) is 0 Å². The van der Waals surface area contributed by atoms with Crippen LogP contribution in [0.2, 0.25) is 0 Å². The van der Waals surface area contributed by atoms with E-state index in [9.17, 15) is 9.90 Å². The highest BCUT2D eigenvalue weighted by Crippen LogP contribution is 2.21. The average molecular weight is 287 g/mol. The molecular weight excluding hydrogens is 266 g/mol. The highest BCUT2D eigenvalue weighted by atomic mass is 16.4. The largest absolute Gasteiger partial charge is 0.466 e. The number of aliphatic hydroxyl groups is 1. The summed E-state index contributed by atoms with van der Waals surface area (Å²) in [6.07, 6.45) is 1.89. The summed E-state index contributed by atoms with van der Waals surface area (Å²) in [5.41, 5.74) is -0.0692. The molecule has 2 unspecified atom stereocenters. The van der Waals surface area contributed by atoms with E-state index in [0.717, 1.165) is 5.56 Å². The number of hydrogen-bond acceptors (Lipinski definition) is 3. The number of rotatable bonds is 6. The van der Waals surface area contributed by atoms with Gasteiger partial charge in [-0.15, -0.1) is 0 Å². The van der Waals surface area contributed by atoms with Gasteiger partial charge >= 0.3 is 0 Å². The van der Waals surface area contributed by atoms with Crippen molar-refractivity contribution in [3.05, 3.63) is 60.1 Å². The standard InChI is InChI=1S/C17H21NO3/c1-13(14-7-4-3-5-8-14)11-16(19)18-12-17(2,20)15-9-6-10-21-15/h3-10,13,20H,11-12H2,1-2H3,(H,18,19). The first-order valence-corrected chi connectivity index (χ1v) is 7.07. The number of amides is 1. The first-order valence-electron chi connectivity index (χ1n) is 7.07. The zero-order chi connectivity index (χ0) is 15.3. The van der Waals surface area contributed by atoms with Gasteiger partial charge in [-0.1, -0.05) is 37.3 Å². The molecule has 2 aromatic rings. The van der Waals surface area contributed by atoms with Crippen LogP contribution in [0.1, 0.15) is 37.5 Å². The zero-order valence-corrected chi connectivity index (χ0v) is 12.4. The van der Waals surface area contributed by atoms with Gasteiger partial charge in [0.15, 0.2) is 0 Å². The van der Waals surface area contributed by atoms with E-state index >= 15 is 0 Å². The Morgan fingerprint density at radius 2 is 2.00 bits per heavy atom. The summed E-state index contributed by atoms with van der Waals surface area (Å²) in [6.45, 7) is 3.76. The number of hydrogen-bond donors (Lipinski definition) is 2. The molecule has 0 saturated carbocycles. The van der Waals surface area contributed by atoms with Crippen LogP contribution in [-0.4, -0.2) is 17.6 Å². The Kier molecular flexibility index (Phi) is 4.81. The maximum atomic E-state index is 12.0. The zero-order valence-electron chi connectivity index (χ0n) is 12.4. The van der Waals surface area contributed by atoms with E-state index < -0.39 is 5.60 Å². The quantitative estimate of drug-likeness (QED) is 0.858. The molecule has 0 radical (unpaired) electrons. The van der Waals surface area contributed by atoms with Crippen molar-refractivity contribution in [1.82, 2.24) is 5.32 Å². The smallest absolute Gasteiger partial charge is 0.220 e. The summed E-state index contributed by atoms with van der Waals surface area (Å²) in [5.74, 6) is 0.497. The Balaban J connectivity index is 1.85. The monoisotopic (exact) mass is 287 g/mol. The molecule has 0 aliphatic rings. The second-order valence-electron chi connectivity index (χ2n) is 5.54. The fourth-order valence-corrected chi connectivity index (χ4v) is 2.19. The van der Waals surface area contributed by atoms with E-state index in [-0.39, 0.29) is 18.4 Å². The molecule has 1 aromatic carbocycles. The molecule has 0 aliphatic heterocycles. The van der Waals surface area contributed by atoms with E-state index in [2.05, 4.69) is 5.32 Å². The first kappa shape index (κ1) is 15.3. The molecule has 21 heavy (non-hydrogen) atoms. The Morgan fingerprint density at radius 1 is 1.29 bits per heavy atom. The van der Waals surface area contributed by atoms with Crippen LogP contribution < -0.4 is 5.32 Å². The van der Waals surface area contributed by atoms with Crippen molar-refractivity contribution in [2.24, 2.45) is 0 Å². The molecule has 0 fully saturated rings. The van der Waals surface area contributed by atoms with Crippen LogP contribution >= 0.6 is 0 Å². The minimum atomic E-state index is -1.20. The normalized spacial score (nSPS) is 15.2. The maximum absolute atomic E-state index is 12.0. The van der Waals surface area contributed by atoms with Crippen molar-refractivity contribution in [3.63, 3.8) is 0 Å². The SMILES string of the molecule is CC(CC(=O)NCC(C)(O)c1ccco1)c1ccccc1. The molecule has 2 atom stereocenters. The maximum Gasteiger partial charge on any atom is 0.220 e. The third kappa shape index (κ3) is 4.20. The molecule has 1 amide bonds. The number of furan rings is 1. The molecule has 112 valence electrons. The Labute approximate surface area is 124 Å². The van der Waals surface area contributed by atoms with Crippen LogP contribution in [0, 0.1) is 0 Å². The molecule has 2 N–H and O–H groups in total. The van der Waals surface area contributed by atoms with Crippen molar-refractivity contribution in [3.8, 4) is 0 Å². The fourth-order valence-electron chi connectivity index (χ4n) is 2.19. The van der Waals surface area contributed by atoms with Gasteiger partial charge in [-0.3, -0.25) is 4.79 Å². The molecule has 2 rings (SSSR count). The van der Waals surface area contributed by atoms with E-state index in [0.29, 0.717) is 12.2 Å². The van der Waals surface area contributed by atoms with Crippen molar-refractivity contribution in [1.29, 1.82) is 0 Å². The first-order chi connectivity index (χ1) is 9.99. The van der Waals surface area contributed by atoms with Crippen LogP contribution in [0.15, 0.2) is 53.1 Å². The highest BCUT2D eigenvalue weighted by molar-refractivity contribution is 5.76. The van der Waals surface area contributed by atoms with E-state index in [4.69, 9.17) is 4.42 Å². The van der Waals surface area contributed by atoms with Gasteiger partial charge in [-0.25, -0.2) is 0 Å². The minimum absolute atomic E-state index is 0.0850. The van der Waals surface area contributed by atoms with Gasteiger partial charge in [0.2, 0.25) is 5.91 Å². The van der Waals surface area contributed by atoms with Gasteiger partial charge in [0.25, 0.3) is 0 Å². The predicted octanol–water partition coefficient (Wildman–Crippen LogP) is 2.80. The molecule has 0 aliphatic carbocycles. The molecule has 1 heterocycles. The van der Waals surface area contributed by atoms with E-state index in [1.54, 1.807) is 19.1 Å². The van der Waals surface area contributed by atoms with Crippen LogP contribution in [0.4, 0.5) is 0 Å². The Bertz CT molecular complexity index is 561. The lowest BCUT2D eigenvalue weighted by molar-refractivity contribution is -0.122. The van der Waals surface area contributed by atoms with Gasteiger partial charge in [0, 0.05) is 6.42 Å². The minimum Gasteiger partial charge on any atom is -0.466 e. The highest BCUT2D eigenvalue weighted by Gasteiger charge is 2.27. The Morgan fingerprint density at radius 3 is 2.62 bits per heavy atom. The summed E-state index contributed by atoms with van der Waals surface area (Å²) in [7, 11) is 0. The van der Waals surface area contributed by atoms with Crippen molar-refractivity contribution >= 4 is 5.91 Å². The summed E-state index contributed by atoms with van der Waals surface area (Å²) in [5, 5.41) is 13.0. The van der Waals surface area contributed by atoms with Crippen molar-refractivity contribution in [2.75, 3.05) is 6.54 Å². The second kappa shape index (κ2) is 6.59. The second-order valence-corrected chi connectivity index (χ2v) is 5.54. The third-order valence-corrected chi connectivity index (χ3v) is 3.54. The lowest BCUT2D eigenvalue weighted by atomic mass is 9.97. The van der Waals surface area contributed by atoms with E-state index in [1.807, 2.05) is 37.3 Å². The van der Waals surface area contributed by atoms with Gasteiger partial charge < -0.3 is 14.8 Å². The number of carbonyl (C=O) groups is 1. The van der Waals surface area contributed by atoms with E-state index in [1.165, 1.54) is 6.26 Å². The van der Waals surface area contributed by atoms with Crippen LogP contribution in [0.25, 0.3) is 0 Å². The molecule has 1 aromatic heterocycles. The summed E-state index contributed by atoms with van der Waals surface area (Å²) >= 11 is 0. The van der Waals surface area contributed by atoms with Gasteiger partial charge in [-0.05, 0) is 30.5 Å². The van der Waals surface area contributed by atoms with Gasteiger partial charge in [0.05, 0.1) is 12.8 Å². The number of carbonyl (C=O) groups excluding carboxylic acids is 1. The third-order valence-electron chi connectivity index (χ3n) is 3.54. The predicted molar refractivity (Wildman–Crippen MR) is 80.8 cm³/mol. The summed E-state index contributed by atoms with van der Waals surface area (Å²) in [4.78, 5) is 12.0. The Hall–Kier alpha value is -2.07. The number of nitrogens with one attached hydrogen (secondary N) is 1. The molecule has 4 heteroatoms. The topological polar surface area (TPSA) is 62.5 Å². The molecular formula is C17H21NO3. The molecule has 0 bridgehead atoms. The fraction of sp³-hybridized carbons (Fsp3) is 0.353. The summed E-state index contributed by atoms with van der Waals surface area (Å²) in [6, 6.07) is 13.3. The van der Waals surface area contributed by atoms with Crippen LogP contribution in [-0.2, 0) is 10.4 Å². The van der Waals surface area contributed by atoms with Crippen LogP contribution in [0.5, 0.6) is 0 Å². The van der Waals surface area contributed by atoms with Crippen molar-refractivity contribution < 1.29 is 14.3 Å². The summed E-state index contributed by atoms with van der Waals surface area (Å²) < 4.78 is 5.18. The number of benzene rings is 1.